The number of para-hydroxylation sites is 1. The highest BCUT2D eigenvalue weighted by Crippen LogP contribution is 2.17. The molecule has 0 aliphatic heterocycles. The number of pyridine rings is 1. The molecule has 2 rings (SSSR count). The molecule has 0 aliphatic rings. The molecule has 0 saturated carbocycles. The molecule has 0 saturated heterocycles. The Labute approximate surface area is 135 Å². The molecule has 0 aliphatic carbocycles. The number of hydrogen-bond acceptors (Lipinski definition) is 4. The van der Waals surface area contributed by atoms with Gasteiger partial charge in [0, 0.05) is 10.7 Å². The van der Waals surface area contributed by atoms with Gasteiger partial charge >= 0.3 is 0 Å². The molecule has 1 aromatic heterocycles. The zero-order valence-electron chi connectivity index (χ0n) is 10.9. The molecular formula is C14H12BrN3O2S. The average molecular weight is 366 g/mol. The molecule has 1 aromatic carbocycles. The third kappa shape index (κ3) is 4.51. The molecule has 0 atom stereocenters. The normalized spacial score (nSPS) is 9.95. The van der Waals surface area contributed by atoms with Crippen molar-refractivity contribution in [3.05, 3.63) is 52.6 Å². The summed E-state index contributed by atoms with van der Waals surface area (Å²) < 4.78 is 6.27. The van der Waals surface area contributed by atoms with Gasteiger partial charge < -0.3 is 15.8 Å². The van der Waals surface area contributed by atoms with Gasteiger partial charge in [0.05, 0.1) is 5.56 Å². The van der Waals surface area contributed by atoms with Crippen molar-refractivity contribution in [1.29, 1.82) is 0 Å². The molecule has 3 N–H and O–H groups in total. The van der Waals surface area contributed by atoms with Crippen LogP contribution in [0.15, 0.2) is 47.1 Å². The quantitative estimate of drug-likeness (QED) is 0.796. The van der Waals surface area contributed by atoms with Crippen molar-refractivity contribution in [3.8, 4) is 5.75 Å². The van der Waals surface area contributed by atoms with Gasteiger partial charge in [-0.1, -0.05) is 24.4 Å². The number of carbonyl (C=O) groups excluding carboxylic acids is 1. The number of benzene rings is 1. The van der Waals surface area contributed by atoms with Gasteiger partial charge in [-0.2, -0.15) is 0 Å². The zero-order chi connectivity index (χ0) is 15.2. The monoisotopic (exact) mass is 365 g/mol. The second kappa shape index (κ2) is 7.14. The molecule has 2 aromatic rings. The first-order valence-corrected chi connectivity index (χ1v) is 7.19. The van der Waals surface area contributed by atoms with Crippen LogP contribution in [0.2, 0.25) is 0 Å². The number of aromatic nitrogens is 1. The first-order valence-electron chi connectivity index (χ1n) is 5.99. The number of nitrogens with zero attached hydrogens (tertiary/aromatic N) is 1. The van der Waals surface area contributed by atoms with Crippen LogP contribution in [0, 0.1) is 0 Å². The second-order valence-corrected chi connectivity index (χ2v) is 5.41. The molecule has 0 fully saturated rings. The van der Waals surface area contributed by atoms with E-state index in [2.05, 4.69) is 26.2 Å². The lowest BCUT2D eigenvalue weighted by atomic mass is 10.2. The van der Waals surface area contributed by atoms with E-state index in [-0.39, 0.29) is 17.5 Å². The first-order chi connectivity index (χ1) is 10.1. The van der Waals surface area contributed by atoms with Crippen LogP contribution >= 0.6 is 28.1 Å². The lowest BCUT2D eigenvalue weighted by molar-refractivity contribution is -0.118. The third-order valence-electron chi connectivity index (χ3n) is 2.51. The number of nitrogens with two attached hydrogens (primary N) is 1. The van der Waals surface area contributed by atoms with Crippen molar-refractivity contribution in [1.82, 2.24) is 4.98 Å². The molecule has 21 heavy (non-hydrogen) atoms. The number of ether oxygens (including phenoxy) is 1. The maximum absolute atomic E-state index is 11.8. The maximum atomic E-state index is 11.8. The Kier molecular flexibility index (Phi) is 5.24. The molecule has 0 unspecified atom stereocenters. The number of nitrogens with one attached hydrogen (secondary N) is 1. The minimum absolute atomic E-state index is 0.155. The SMILES string of the molecule is NC(=S)c1ccccc1OCC(=O)Nc1ccc(Br)cn1. The lowest BCUT2D eigenvalue weighted by Crippen LogP contribution is -2.22. The van der Waals surface area contributed by atoms with Gasteiger partial charge in [0.25, 0.3) is 5.91 Å². The number of carbonyl (C=O) groups is 1. The Morgan fingerprint density at radius 3 is 2.76 bits per heavy atom. The van der Waals surface area contributed by atoms with Crippen LogP contribution in [0.5, 0.6) is 5.75 Å². The van der Waals surface area contributed by atoms with Crippen molar-refractivity contribution in [3.63, 3.8) is 0 Å². The van der Waals surface area contributed by atoms with E-state index < -0.39 is 0 Å². The summed E-state index contributed by atoms with van der Waals surface area (Å²) in [6.45, 7) is -0.155. The fourth-order valence-corrected chi connectivity index (χ4v) is 1.97. The van der Waals surface area contributed by atoms with Crippen LogP contribution in [0.25, 0.3) is 0 Å². The Morgan fingerprint density at radius 2 is 2.10 bits per heavy atom. The molecule has 0 bridgehead atoms. The number of amides is 1. The Bertz CT molecular complexity index is 662. The largest absolute Gasteiger partial charge is 0.483 e. The van der Waals surface area contributed by atoms with Crippen molar-refractivity contribution >= 4 is 44.9 Å². The van der Waals surface area contributed by atoms with Crippen molar-refractivity contribution in [2.75, 3.05) is 11.9 Å². The van der Waals surface area contributed by atoms with E-state index in [1.165, 1.54) is 0 Å². The second-order valence-electron chi connectivity index (χ2n) is 4.06. The van der Waals surface area contributed by atoms with Gasteiger partial charge in [0.1, 0.15) is 16.6 Å². The van der Waals surface area contributed by atoms with Crippen LogP contribution in [-0.2, 0) is 4.79 Å². The molecule has 5 nitrogen and oxygen atoms in total. The standard InChI is InChI=1S/C14H12BrN3O2S/c15-9-5-6-12(17-7-9)18-13(19)8-20-11-4-2-1-3-10(11)14(16)21/h1-7H,8H2,(H2,16,21)(H,17,18,19). The number of rotatable bonds is 5. The summed E-state index contributed by atoms with van der Waals surface area (Å²) in [7, 11) is 0. The summed E-state index contributed by atoms with van der Waals surface area (Å²) in [5, 5.41) is 2.63. The van der Waals surface area contributed by atoms with Crippen LogP contribution in [0.3, 0.4) is 0 Å². The third-order valence-corrected chi connectivity index (χ3v) is 3.20. The molecular weight excluding hydrogens is 354 g/mol. The van der Waals surface area contributed by atoms with E-state index in [1.54, 1.807) is 42.6 Å². The fourth-order valence-electron chi connectivity index (χ4n) is 1.57. The molecule has 108 valence electrons. The summed E-state index contributed by atoms with van der Waals surface area (Å²) in [4.78, 5) is 16.1. The topological polar surface area (TPSA) is 77.2 Å². The van der Waals surface area contributed by atoms with E-state index in [1.807, 2.05) is 0 Å². The maximum Gasteiger partial charge on any atom is 0.263 e. The summed E-state index contributed by atoms with van der Waals surface area (Å²) >= 11 is 8.20. The fraction of sp³-hybridized carbons (Fsp3) is 0.0714. The Hall–Kier alpha value is -1.99. The van der Waals surface area contributed by atoms with E-state index >= 15 is 0 Å². The first kappa shape index (κ1) is 15.4. The summed E-state index contributed by atoms with van der Waals surface area (Å²) in [5.41, 5.74) is 6.19. The van der Waals surface area contributed by atoms with Gasteiger partial charge in [-0.05, 0) is 40.2 Å². The van der Waals surface area contributed by atoms with Gasteiger partial charge in [-0.25, -0.2) is 4.98 Å². The van der Waals surface area contributed by atoms with Crippen molar-refractivity contribution < 1.29 is 9.53 Å². The van der Waals surface area contributed by atoms with Gasteiger partial charge in [-0.3, -0.25) is 4.79 Å². The van der Waals surface area contributed by atoms with Gasteiger partial charge in [0.2, 0.25) is 0 Å². The lowest BCUT2D eigenvalue weighted by Gasteiger charge is -2.10. The van der Waals surface area contributed by atoms with Crippen molar-refractivity contribution in [2.45, 2.75) is 0 Å². The van der Waals surface area contributed by atoms with E-state index in [0.717, 1.165) is 4.47 Å². The van der Waals surface area contributed by atoms with Gasteiger partial charge in [0.15, 0.2) is 6.61 Å². The average Bonchev–Trinajstić information content (AvgIpc) is 2.48. The predicted molar refractivity (Wildman–Crippen MR) is 88.4 cm³/mol. The van der Waals surface area contributed by atoms with Crippen LogP contribution in [0.1, 0.15) is 5.56 Å². The van der Waals surface area contributed by atoms with Crippen LogP contribution in [0.4, 0.5) is 5.82 Å². The molecule has 0 spiro atoms. The van der Waals surface area contributed by atoms with Crippen molar-refractivity contribution in [2.24, 2.45) is 5.73 Å². The smallest absolute Gasteiger partial charge is 0.263 e. The van der Waals surface area contributed by atoms with Crippen LogP contribution in [-0.4, -0.2) is 22.5 Å². The molecule has 7 heteroatoms. The van der Waals surface area contributed by atoms with E-state index in [0.29, 0.717) is 17.1 Å². The summed E-state index contributed by atoms with van der Waals surface area (Å²) in [5.74, 6) is 0.612. The molecule has 0 radical (unpaired) electrons. The number of anilines is 1. The molecule has 1 heterocycles. The summed E-state index contributed by atoms with van der Waals surface area (Å²) in [6, 6.07) is 10.5. The Balaban J connectivity index is 1.95. The minimum Gasteiger partial charge on any atom is -0.483 e. The number of halogens is 1. The van der Waals surface area contributed by atoms with Crippen LogP contribution < -0.4 is 15.8 Å². The van der Waals surface area contributed by atoms with E-state index in [9.17, 15) is 4.79 Å². The number of hydrogen-bond donors (Lipinski definition) is 2. The molecule has 1 amide bonds. The highest BCUT2D eigenvalue weighted by molar-refractivity contribution is 9.10. The highest BCUT2D eigenvalue weighted by Gasteiger charge is 2.09. The predicted octanol–water partition coefficient (Wildman–Crippen LogP) is 2.50. The zero-order valence-corrected chi connectivity index (χ0v) is 13.3. The highest BCUT2D eigenvalue weighted by atomic mass is 79.9. The Morgan fingerprint density at radius 1 is 1.33 bits per heavy atom. The van der Waals surface area contributed by atoms with Gasteiger partial charge in [-0.15, -0.1) is 0 Å². The van der Waals surface area contributed by atoms with E-state index in [4.69, 9.17) is 22.7 Å². The number of thiocarbonyl (C=S) groups is 1. The summed E-state index contributed by atoms with van der Waals surface area (Å²) in [6.07, 6.45) is 1.60. The minimum atomic E-state index is -0.317.